The van der Waals surface area contributed by atoms with Gasteiger partial charge in [-0.05, 0) is 61.6 Å². The van der Waals surface area contributed by atoms with E-state index >= 15 is 0 Å². The Morgan fingerprint density at radius 3 is 2.61 bits per heavy atom. The van der Waals surface area contributed by atoms with Crippen molar-refractivity contribution in [2.24, 2.45) is 13.0 Å². The summed E-state index contributed by atoms with van der Waals surface area (Å²) in [5.41, 5.74) is -3.00. The summed E-state index contributed by atoms with van der Waals surface area (Å²) >= 11 is 0. The van der Waals surface area contributed by atoms with Gasteiger partial charge in [0.2, 0.25) is 0 Å². The highest BCUT2D eigenvalue weighted by Gasteiger charge is 2.48. The Morgan fingerprint density at radius 2 is 1.89 bits per heavy atom. The molecular formula is C25H31F3N6O3S. The molecule has 3 heterocycles. The molecule has 1 aliphatic heterocycles. The molecule has 206 valence electrons. The lowest BCUT2D eigenvalue weighted by Crippen LogP contribution is -2.57. The average molecular weight is 553 g/mol. The van der Waals surface area contributed by atoms with Gasteiger partial charge >= 0.3 is 15.5 Å². The first kappa shape index (κ1) is 26.8. The number of fused-ring (bicyclic) bond motifs is 1. The topological polar surface area (TPSA) is 102 Å². The molecule has 5 rings (SSSR count). The summed E-state index contributed by atoms with van der Waals surface area (Å²) in [7, 11) is -3.57. The van der Waals surface area contributed by atoms with Crippen molar-refractivity contribution in [3.05, 3.63) is 48.5 Å². The number of piperidine rings is 1. The number of ether oxygens (including phenoxy) is 1. The fourth-order valence-corrected chi connectivity index (χ4v) is 6.31. The van der Waals surface area contributed by atoms with Crippen LogP contribution in [-0.4, -0.2) is 65.5 Å². The molecule has 0 amide bonds. The van der Waals surface area contributed by atoms with Crippen molar-refractivity contribution < 1.29 is 26.3 Å². The van der Waals surface area contributed by atoms with Crippen molar-refractivity contribution in [2.75, 3.05) is 24.6 Å². The van der Waals surface area contributed by atoms with Crippen LogP contribution >= 0.6 is 0 Å². The van der Waals surface area contributed by atoms with E-state index in [4.69, 9.17) is 4.74 Å². The molecule has 2 aliphatic rings. The second-order valence-corrected chi connectivity index (χ2v) is 11.9. The van der Waals surface area contributed by atoms with Crippen molar-refractivity contribution >= 4 is 26.7 Å². The Bertz CT molecular complexity index is 1340. The van der Waals surface area contributed by atoms with E-state index in [1.165, 1.54) is 18.0 Å². The van der Waals surface area contributed by atoms with Crippen molar-refractivity contribution in [2.45, 2.75) is 55.7 Å². The zero-order valence-corrected chi connectivity index (χ0v) is 21.8. The SMILES string of the molecule is Cn1ncc2cc(C3CCC(CO[C@@H]4CN(c5cnccn5)CC[C@@H]4NS(=O)(=O)C(F)(F)F)CC3)ccc21. The summed E-state index contributed by atoms with van der Waals surface area (Å²) < 4.78 is 72.8. The molecule has 9 nitrogen and oxygen atoms in total. The molecule has 2 aromatic heterocycles. The monoisotopic (exact) mass is 552 g/mol. The van der Waals surface area contributed by atoms with Gasteiger partial charge < -0.3 is 9.64 Å². The first-order valence-corrected chi connectivity index (χ1v) is 14.2. The third-order valence-electron chi connectivity index (χ3n) is 7.68. The third-order valence-corrected chi connectivity index (χ3v) is 8.90. The molecule has 2 atom stereocenters. The van der Waals surface area contributed by atoms with Gasteiger partial charge in [0.1, 0.15) is 5.82 Å². The van der Waals surface area contributed by atoms with E-state index in [2.05, 4.69) is 33.3 Å². The van der Waals surface area contributed by atoms with Crippen molar-refractivity contribution in [3.63, 3.8) is 0 Å². The minimum absolute atomic E-state index is 0.153. The maximum atomic E-state index is 13.1. The van der Waals surface area contributed by atoms with Gasteiger partial charge in [0, 0.05) is 44.5 Å². The van der Waals surface area contributed by atoms with Crippen LogP contribution < -0.4 is 9.62 Å². The fraction of sp³-hybridized carbons (Fsp3) is 0.560. The Balaban J connectivity index is 1.21. The Labute approximate surface area is 219 Å². The molecule has 13 heteroatoms. The Hall–Kier alpha value is -2.77. The van der Waals surface area contributed by atoms with E-state index in [9.17, 15) is 21.6 Å². The van der Waals surface area contributed by atoms with Gasteiger partial charge in [-0.25, -0.2) is 18.1 Å². The number of anilines is 1. The Kier molecular flexibility index (Phi) is 7.60. The molecule has 1 aromatic carbocycles. The zero-order chi connectivity index (χ0) is 26.9. The second kappa shape index (κ2) is 10.8. The molecule has 0 unspecified atom stereocenters. The highest BCUT2D eigenvalue weighted by Crippen LogP contribution is 2.37. The number of hydrogen-bond acceptors (Lipinski definition) is 7. The van der Waals surface area contributed by atoms with Gasteiger partial charge in [-0.15, -0.1) is 0 Å². The Morgan fingerprint density at radius 1 is 1.11 bits per heavy atom. The summed E-state index contributed by atoms with van der Waals surface area (Å²) in [6, 6.07) is 5.47. The van der Waals surface area contributed by atoms with Crippen molar-refractivity contribution in [1.82, 2.24) is 24.5 Å². The molecule has 1 N–H and O–H groups in total. The van der Waals surface area contributed by atoms with E-state index in [1.807, 2.05) is 27.5 Å². The van der Waals surface area contributed by atoms with Crippen LogP contribution in [0.15, 0.2) is 43.0 Å². The van der Waals surface area contributed by atoms with E-state index < -0.39 is 27.7 Å². The summed E-state index contributed by atoms with van der Waals surface area (Å²) in [4.78, 5) is 10.2. The number of halogens is 3. The number of aromatic nitrogens is 4. The number of nitrogens with zero attached hydrogens (tertiary/aromatic N) is 5. The van der Waals surface area contributed by atoms with Gasteiger partial charge in [0.05, 0.1) is 30.1 Å². The molecule has 0 radical (unpaired) electrons. The van der Waals surface area contributed by atoms with Crippen LogP contribution in [0.3, 0.4) is 0 Å². The summed E-state index contributed by atoms with van der Waals surface area (Å²) in [6.07, 6.45) is 9.73. The standard InChI is InChI=1S/C25H31F3N6O3S/c1-33-22-7-6-19(12-20(22)13-31-33)18-4-2-17(3-5-18)16-37-23-15-34(24-14-29-9-10-30-24)11-8-21(23)32-38(35,36)25(26,27)28/h6-7,9-10,12-14,17-18,21,23,32H,2-5,8,11,15-16H2,1H3/t17?,18?,21-,23+/m0/s1. The molecular weight excluding hydrogens is 521 g/mol. The number of nitrogens with one attached hydrogen (secondary N) is 1. The number of aryl methyl sites for hydroxylation is 1. The minimum Gasteiger partial charge on any atom is -0.374 e. The first-order chi connectivity index (χ1) is 18.1. The number of alkyl halides is 3. The predicted molar refractivity (Wildman–Crippen MR) is 136 cm³/mol. The first-order valence-electron chi connectivity index (χ1n) is 12.7. The average Bonchev–Trinajstić information content (AvgIpc) is 3.28. The van der Waals surface area contributed by atoms with Gasteiger partial charge in [0.25, 0.3) is 0 Å². The number of rotatable bonds is 7. The van der Waals surface area contributed by atoms with Gasteiger partial charge in [-0.2, -0.15) is 18.3 Å². The van der Waals surface area contributed by atoms with Crippen molar-refractivity contribution in [1.29, 1.82) is 0 Å². The lowest BCUT2D eigenvalue weighted by Gasteiger charge is -2.40. The summed E-state index contributed by atoms with van der Waals surface area (Å²) in [5, 5.41) is 5.43. The van der Waals surface area contributed by atoms with Gasteiger partial charge in [0.15, 0.2) is 0 Å². The smallest absolute Gasteiger partial charge is 0.374 e. The molecule has 1 saturated carbocycles. The number of benzene rings is 1. The van der Waals surface area contributed by atoms with Gasteiger partial charge in [-0.3, -0.25) is 9.67 Å². The lowest BCUT2D eigenvalue weighted by molar-refractivity contribution is -0.0470. The summed E-state index contributed by atoms with van der Waals surface area (Å²) in [5.74, 6) is 1.26. The highest BCUT2D eigenvalue weighted by molar-refractivity contribution is 7.90. The normalized spacial score (nSPS) is 25.1. The lowest BCUT2D eigenvalue weighted by atomic mass is 9.79. The molecule has 38 heavy (non-hydrogen) atoms. The van der Waals surface area contributed by atoms with E-state index in [1.54, 1.807) is 6.20 Å². The maximum absolute atomic E-state index is 13.1. The van der Waals surface area contributed by atoms with Crippen LogP contribution in [0, 0.1) is 5.92 Å². The second-order valence-electron chi connectivity index (χ2n) is 10.1. The maximum Gasteiger partial charge on any atom is 0.511 e. The van der Waals surface area contributed by atoms with E-state index in [-0.39, 0.29) is 18.9 Å². The third kappa shape index (κ3) is 5.79. The fourth-order valence-electron chi connectivity index (χ4n) is 5.51. The van der Waals surface area contributed by atoms with Crippen LogP contribution in [0.5, 0.6) is 0 Å². The van der Waals surface area contributed by atoms with E-state index in [0.29, 0.717) is 24.9 Å². The number of sulfonamides is 1. The molecule has 2 fully saturated rings. The largest absolute Gasteiger partial charge is 0.511 e. The molecule has 1 aliphatic carbocycles. The van der Waals surface area contributed by atoms with E-state index in [0.717, 1.165) is 36.6 Å². The molecule has 3 aromatic rings. The van der Waals surface area contributed by atoms with Crippen LogP contribution in [0.2, 0.25) is 0 Å². The molecule has 0 spiro atoms. The quantitative estimate of drug-likeness (QED) is 0.477. The number of hydrogen-bond donors (Lipinski definition) is 1. The molecule has 0 bridgehead atoms. The molecule has 1 saturated heterocycles. The minimum atomic E-state index is -5.49. The summed E-state index contributed by atoms with van der Waals surface area (Å²) in [6.45, 7) is 0.901. The highest BCUT2D eigenvalue weighted by atomic mass is 32.2. The van der Waals surface area contributed by atoms with Crippen LogP contribution in [-0.2, 0) is 21.8 Å². The predicted octanol–water partition coefficient (Wildman–Crippen LogP) is 3.74. The van der Waals surface area contributed by atoms with Crippen LogP contribution in [0.25, 0.3) is 10.9 Å². The van der Waals surface area contributed by atoms with Crippen LogP contribution in [0.4, 0.5) is 19.0 Å². The zero-order valence-electron chi connectivity index (χ0n) is 21.0. The van der Waals surface area contributed by atoms with Crippen LogP contribution in [0.1, 0.15) is 43.6 Å². The van der Waals surface area contributed by atoms with Crippen molar-refractivity contribution in [3.8, 4) is 0 Å². The van der Waals surface area contributed by atoms with Gasteiger partial charge in [-0.1, -0.05) is 6.07 Å².